The lowest BCUT2D eigenvalue weighted by Gasteiger charge is -2.34. The molecule has 4 aromatic rings. The third-order valence-corrected chi connectivity index (χ3v) is 10.7. The lowest BCUT2D eigenvalue weighted by atomic mass is 9.92. The maximum Gasteiger partial charge on any atom is 0.319 e. The van der Waals surface area contributed by atoms with Crippen LogP contribution in [0.2, 0.25) is 0 Å². The fourth-order valence-electron chi connectivity index (χ4n) is 8.53. The van der Waals surface area contributed by atoms with Crippen molar-refractivity contribution in [1.29, 1.82) is 0 Å². The van der Waals surface area contributed by atoms with Gasteiger partial charge in [-0.1, -0.05) is 32.8 Å². The number of hydrogen-bond donors (Lipinski definition) is 1. The van der Waals surface area contributed by atoms with E-state index in [0.717, 1.165) is 32.2 Å². The molecule has 4 aliphatic heterocycles. The number of carbonyl (C=O) groups excluding carboxylic acids is 1. The average molecular weight is 699 g/mol. The molecule has 6 heterocycles. The normalized spacial score (nSPS) is 24.6. The Kier molecular flexibility index (Phi) is 8.34. The fraction of sp³-hybridized carbons (Fsp3) is 0.487. The van der Waals surface area contributed by atoms with Gasteiger partial charge in [-0.15, -0.1) is 6.42 Å². The van der Waals surface area contributed by atoms with Gasteiger partial charge in [0.15, 0.2) is 5.82 Å². The number of alkyl halides is 1. The van der Waals surface area contributed by atoms with Crippen molar-refractivity contribution in [2.75, 3.05) is 37.7 Å². The van der Waals surface area contributed by atoms with Crippen molar-refractivity contribution in [2.45, 2.75) is 83.1 Å². The van der Waals surface area contributed by atoms with E-state index in [2.05, 4.69) is 31.0 Å². The summed E-state index contributed by atoms with van der Waals surface area (Å²) < 4.78 is 58.9. The Morgan fingerprint density at radius 2 is 1.92 bits per heavy atom. The number of nitrogens with one attached hydrogen (secondary N) is 1. The largest absolute Gasteiger partial charge is 0.461 e. The third kappa shape index (κ3) is 6.25. The molecule has 8 rings (SSSR count). The summed E-state index contributed by atoms with van der Waals surface area (Å²) in [5.74, 6) is 1.17. The Balaban J connectivity index is 1.26. The molecule has 51 heavy (non-hydrogen) atoms. The molecule has 0 spiro atoms. The minimum atomic E-state index is -0.930. The van der Waals surface area contributed by atoms with E-state index in [4.69, 9.17) is 20.9 Å². The average Bonchev–Trinajstić information content (AvgIpc) is 3.72. The van der Waals surface area contributed by atoms with E-state index in [1.165, 1.54) is 24.4 Å². The summed E-state index contributed by atoms with van der Waals surface area (Å²) in [5, 5.41) is 4.73. The van der Waals surface area contributed by atoms with Crippen LogP contribution in [0.3, 0.4) is 0 Å². The number of rotatable bonds is 7. The fourth-order valence-corrected chi connectivity index (χ4v) is 8.53. The van der Waals surface area contributed by atoms with Gasteiger partial charge in [0.1, 0.15) is 41.4 Å². The van der Waals surface area contributed by atoms with Crippen molar-refractivity contribution in [3.05, 3.63) is 47.7 Å². The van der Waals surface area contributed by atoms with Crippen LogP contribution in [0.1, 0.15) is 64.9 Å². The van der Waals surface area contributed by atoms with Crippen LogP contribution < -0.4 is 19.7 Å². The van der Waals surface area contributed by atoms with Gasteiger partial charge in [0.05, 0.1) is 22.9 Å². The summed E-state index contributed by atoms with van der Waals surface area (Å²) in [6.45, 7) is 8.47. The zero-order valence-electron chi connectivity index (χ0n) is 29.1. The zero-order chi connectivity index (χ0) is 35.7. The van der Waals surface area contributed by atoms with Crippen molar-refractivity contribution in [3.8, 4) is 35.4 Å². The number of fused-ring (bicyclic) bond motifs is 5. The maximum atomic E-state index is 17.2. The number of anilines is 1. The van der Waals surface area contributed by atoms with E-state index in [1.807, 2.05) is 20.8 Å². The van der Waals surface area contributed by atoms with Crippen LogP contribution in [0.25, 0.3) is 32.9 Å². The number of terminal acetylenes is 1. The summed E-state index contributed by atoms with van der Waals surface area (Å²) in [4.78, 5) is 31.2. The monoisotopic (exact) mass is 698 g/mol. The number of benzene rings is 2. The molecule has 0 saturated carbocycles. The molecule has 0 radical (unpaired) electrons. The molecule has 2 bridgehead atoms. The molecule has 2 aromatic carbocycles. The van der Waals surface area contributed by atoms with Gasteiger partial charge in [0, 0.05) is 55.3 Å². The maximum absolute atomic E-state index is 17.2. The molecule has 2 aromatic heterocycles. The number of ether oxygens (including phenoxy) is 2. The first-order valence-corrected chi connectivity index (χ1v) is 17.7. The highest BCUT2D eigenvalue weighted by Gasteiger charge is 2.49. The molecule has 4 aliphatic rings. The molecule has 4 fully saturated rings. The Labute approximate surface area is 294 Å². The highest BCUT2D eigenvalue weighted by molar-refractivity contribution is 6.03. The standard InChI is InChI=1S/C39H41F3N6O3/c1-5-27-30(41)10-7-22-13-26(51-31(49)16-38(2,3)4)14-28(32(22)27)34-33(42)35-29(17-43-34)36(47-19-24-8-9-25(20-47)44-24)46-37(45-35)50-21-39-11-6-12-48(39)18-23(40)15-39/h1,7,10,13-14,17,23-25,44H,6,8-9,11-12,15-16,18-21H2,2-4H3/t23?,24?,25?,39-/m0/s1. The summed E-state index contributed by atoms with van der Waals surface area (Å²) in [6.07, 6.45) is 10.7. The van der Waals surface area contributed by atoms with Crippen LogP contribution in [0.4, 0.5) is 19.0 Å². The first-order valence-electron chi connectivity index (χ1n) is 17.7. The lowest BCUT2D eigenvalue weighted by molar-refractivity contribution is -0.136. The Hall–Kier alpha value is -4.47. The van der Waals surface area contributed by atoms with E-state index in [9.17, 15) is 9.18 Å². The second kappa shape index (κ2) is 12.6. The van der Waals surface area contributed by atoms with Gasteiger partial charge in [-0.25, -0.2) is 13.2 Å². The van der Waals surface area contributed by atoms with Gasteiger partial charge in [-0.3, -0.25) is 14.7 Å². The highest BCUT2D eigenvalue weighted by Crippen LogP contribution is 2.42. The molecule has 3 unspecified atom stereocenters. The van der Waals surface area contributed by atoms with Crippen LogP contribution in [0, 0.1) is 29.4 Å². The molecule has 0 aliphatic carbocycles. The summed E-state index contributed by atoms with van der Waals surface area (Å²) in [7, 11) is 0. The molecule has 12 heteroatoms. The molecular weight excluding hydrogens is 657 g/mol. The van der Waals surface area contributed by atoms with Crippen molar-refractivity contribution in [1.82, 2.24) is 25.2 Å². The van der Waals surface area contributed by atoms with Gasteiger partial charge in [0.2, 0.25) is 0 Å². The molecule has 0 amide bonds. The predicted molar refractivity (Wildman–Crippen MR) is 189 cm³/mol. The van der Waals surface area contributed by atoms with Crippen molar-refractivity contribution < 1.29 is 27.4 Å². The lowest BCUT2D eigenvalue weighted by Crippen LogP contribution is -2.51. The molecule has 1 N–H and O–H groups in total. The summed E-state index contributed by atoms with van der Waals surface area (Å²) in [6, 6.07) is 6.33. The van der Waals surface area contributed by atoms with Crippen molar-refractivity contribution in [3.63, 3.8) is 0 Å². The molecule has 266 valence electrons. The number of halogens is 3. The minimum Gasteiger partial charge on any atom is -0.461 e. The molecular formula is C39H41F3N6O3. The minimum absolute atomic E-state index is 0.00644. The van der Waals surface area contributed by atoms with E-state index in [-0.39, 0.29) is 70.0 Å². The number of carbonyl (C=O) groups is 1. The second-order valence-electron chi connectivity index (χ2n) is 15.8. The number of aromatic nitrogens is 3. The molecule has 9 nitrogen and oxygen atoms in total. The predicted octanol–water partition coefficient (Wildman–Crippen LogP) is 6.34. The number of esters is 1. The van der Waals surface area contributed by atoms with Gasteiger partial charge >= 0.3 is 12.0 Å². The van der Waals surface area contributed by atoms with Gasteiger partial charge in [-0.05, 0) is 61.2 Å². The zero-order valence-corrected chi connectivity index (χ0v) is 29.1. The number of hydrogen-bond acceptors (Lipinski definition) is 9. The van der Waals surface area contributed by atoms with Crippen LogP contribution >= 0.6 is 0 Å². The second-order valence-corrected chi connectivity index (χ2v) is 15.8. The van der Waals surface area contributed by atoms with Crippen LogP contribution in [-0.4, -0.2) is 82.4 Å². The SMILES string of the molecule is C#Cc1c(F)ccc2cc(OC(=O)CC(C)(C)C)cc(-c3ncc4c(N5CC6CCC(C5)N6)nc(OC[C@@]56CCCN5CC(F)C6)nc4c3F)c12. The van der Waals surface area contributed by atoms with E-state index in [1.54, 1.807) is 6.07 Å². The number of pyridine rings is 1. The van der Waals surface area contributed by atoms with E-state index < -0.39 is 29.3 Å². The Morgan fingerprint density at radius 1 is 1.14 bits per heavy atom. The summed E-state index contributed by atoms with van der Waals surface area (Å²) >= 11 is 0. The quantitative estimate of drug-likeness (QED) is 0.135. The molecule has 4 atom stereocenters. The van der Waals surface area contributed by atoms with Gasteiger partial charge < -0.3 is 19.7 Å². The van der Waals surface area contributed by atoms with E-state index >= 15 is 8.78 Å². The summed E-state index contributed by atoms with van der Waals surface area (Å²) in [5.41, 5.74) is -0.860. The van der Waals surface area contributed by atoms with Crippen LogP contribution in [0.15, 0.2) is 30.5 Å². The number of nitrogens with zero attached hydrogens (tertiary/aromatic N) is 5. The van der Waals surface area contributed by atoms with Crippen LogP contribution in [0.5, 0.6) is 11.8 Å². The first-order chi connectivity index (χ1) is 24.4. The molecule has 4 saturated heterocycles. The van der Waals surface area contributed by atoms with Crippen molar-refractivity contribution >= 4 is 33.5 Å². The Morgan fingerprint density at radius 3 is 2.67 bits per heavy atom. The number of piperazine rings is 1. The van der Waals surface area contributed by atoms with Crippen molar-refractivity contribution in [2.24, 2.45) is 5.41 Å². The van der Waals surface area contributed by atoms with Crippen LogP contribution in [-0.2, 0) is 4.79 Å². The highest BCUT2D eigenvalue weighted by atomic mass is 19.1. The van der Waals surface area contributed by atoms with Gasteiger partial charge in [0.25, 0.3) is 0 Å². The third-order valence-electron chi connectivity index (χ3n) is 10.7. The topological polar surface area (TPSA) is 92.7 Å². The van der Waals surface area contributed by atoms with Gasteiger partial charge in [-0.2, -0.15) is 9.97 Å². The first kappa shape index (κ1) is 33.7. The van der Waals surface area contributed by atoms with E-state index in [0.29, 0.717) is 42.6 Å². The smallest absolute Gasteiger partial charge is 0.319 e. The Bertz CT molecular complexity index is 2090.